The Morgan fingerprint density at radius 3 is 2.53 bits per heavy atom. The Balaban J connectivity index is 2.49. The maximum atomic E-state index is 9.77. The first-order valence-electron chi connectivity index (χ1n) is 5.32. The van der Waals surface area contributed by atoms with Crippen LogP contribution in [0.15, 0.2) is 12.1 Å². The normalized spacial score (nSPS) is 19.4. The first kappa shape index (κ1) is 10.8. The molecular formula is C12H16ClNO. The third kappa shape index (κ3) is 1.72. The van der Waals surface area contributed by atoms with E-state index in [0.29, 0.717) is 5.02 Å². The summed E-state index contributed by atoms with van der Waals surface area (Å²) >= 11 is 6.14. The number of phenols is 1. The zero-order valence-electron chi connectivity index (χ0n) is 8.89. The number of rotatable bonds is 1. The van der Waals surface area contributed by atoms with Crippen LogP contribution in [0.4, 0.5) is 0 Å². The molecule has 0 spiro atoms. The van der Waals surface area contributed by atoms with Crippen molar-refractivity contribution in [3.8, 4) is 5.75 Å². The van der Waals surface area contributed by atoms with Gasteiger partial charge in [0, 0.05) is 5.54 Å². The van der Waals surface area contributed by atoms with Crippen molar-refractivity contribution < 1.29 is 5.11 Å². The number of aryl methyl sites for hydroxylation is 1. The van der Waals surface area contributed by atoms with Gasteiger partial charge in [-0.2, -0.15) is 0 Å². The average Bonchev–Trinajstić information content (AvgIpc) is 2.62. The zero-order chi connectivity index (χ0) is 11.1. The highest BCUT2D eigenvalue weighted by Crippen LogP contribution is 2.42. The summed E-state index contributed by atoms with van der Waals surface area (Å²) in [6.07, 6.45) is 4.19. The summed E-state index contributed by atoms with van der Waals surface area (Å²) in [7, 11) is 0. The number of aromatic hydroxyl groups is 1. The van der Waals surface area contributed by atoms with Gasteiger partial charge in [-0.05, 0) is 30.9 Å². The van der Waals surface area contributed by atoms with Crippen molar-refractivity contribution in [3.05, 3.63) is 28.3 Å². The molecule has 0 atom stereocenters. The van der Waals surface area contributed by atoms with Crippen LogP contribution in [0.3, 0.4) is 0 Å². The molecular weight excluding hydrogens is 210 g/mol. The summed E-state index contributed by atoms with van der Waals surface area (Å²) in [6, 6.07) is 3.83. The summed E-state index contributed by atoms with van der Waals surface area (Å²) in [5.41, 5.74) is 7.66. The molecule has 0 aliphatic heterocycles. The molecule has 0 heterocycles. The van der Waals surface area contributed by atoms with Gasteiger partial charge in [0.1, 0.15) is 5.75 Å². The minimum Gasteiger partial charge on any atom is -0.506 e. The van der Waals surface area contributed by atoms with Gasteiger partial charge in [0.2, 0.25) is 0 Å². The van der Waals surface area contributed by atoms with E-state index in [1.54, 1.807) is 0 Å². The molecule has 2 rings (SSSR count). The van der Waals surface area contributed by atoms with E-state index in [1.807, 2.05) is 19.1 Å². The topological polar surface area (TPSA) is 46.2 Å². The molecule has 0 unspecified atom stereocenters. The highest BCUT2D eigenvalue weighted by atomic mass is 35.5. The molecule has 1 aromatic carbocycles. The molecule has 1 aliphatic rings. The Morgan fingerprint density at radius 1 is 1.33 bits per heavy atom. The Bertz CT molecular complexity index is 383. The third-order valence-corrected chi connectivity index (χ3v) is 3.73. The van der Waals surface area contributed by atoms with E-state index in [0.717, 1.165) is 36.8 Å². The standard InChI is InChI=1S/C12H16ClNO/c1-8-4-5-9(10(13)11(8)15)12(14)6-2-3-7-12/h4-5,15H,2-3,6-7,14H2,1H3. The van der Waals surface area contributed by atoms with E-state index >= 15 is 0 Å². The van der Waals surface area contributed by atoms with E-state index in [4.69, 9.17) is 17.3 Å². The van der Waals surface area contributed by atoms with Crippen LogP contribution in [0.25, 0.3) is 0 Å². The van der Waals surface area contributed by atoms with E-state index in [1.165, 1.54) is 0 Å². The van der Waals surface area contributed by atoms with Gasteiger partial charge in [0.25, 0.3) is 0 Å². The number of hydrogen-bond donors (Lipinski definition) is 2. The maximum absolute atomic E-state index is 9.77. The Morgan fingerprint density at radius 2 is 1.93 bits per heavy atom. The maximum Gasteiger partial charge on any atom is 0.137 e. The highest BCUT2D eigenvalue weighted by molar-refractivity contribution is 6.33. The molecule has 0 bridgehead atoms. The molecule has 0 amide bonds. The van der Waals surface area contributed by atoms with E-state index in [2.05, 4.69) is 0 Å². The number of benzene rings is 1. The van der Waals surface area contributed by atoms with Crippen LogP contribution in [0, 0.1) is 6.92 Å². The minimum atomic E-state index is -0.331. The lowest BCUT2D eigenvalue weighted by Crippen LogP contribution is -2.33. The molecule has 0 aromatic heterocycles. The van der Waals surface area contributed by atoms with Gasteiger partial charge in [-0.25, -0.2) is 0 Å². The lowest BCUT2D eigenvalue weighted by Gasteiger charge is -2.26. The summed E-state index contributed by atoms with van der Waals surface area (Å²) in [5.74, 6) is 0.172. The second-order valence-corrected chi connectivity index (χ2v) is 4.83. The average molecular weight is 226 g/mol. The van der Waals surface area contributed by atoms with Gasteiger partial charge in [0.15, 0.2) is 0 Å². The molecule has 3 N–H and O–H groups in total. The van der Waals surface area contributed by atoms with Gasteiger partial charge < -0.3 is 10.8 Å². The number of phenolic OH excluding ortho intramolecular Hbond substituents is 1. The lowest BCUT2D eigenvalue weighted by molar-refractivity contribution is 0.445. The fourth-order valence-electron chi connectivity index (χ4n) is 2.32. The minimum absolute atomic E-state index is 0.172. The molecule has 1 aliphatic carbocycles. The summed E-state index contributed by atoms with van der Waals surface area (Å²) in [6.45, 7) is 1.84. The van der Waals surface area contributed by atoms with Crippen LogP contribution in [-0.4, -0.2) is 5.11 Å². The van der Waals surface area contributed by atoms with Crippen LogP contribution in [0.1, 0.15) is 36.8 Å². The van der Waals surface area contributed by atoms with E-state index < -0.39 is 0 Å². The molecule has 2 nitrogen and oxygen atoms in total. The van der Waals surface area contributed by atoms with Crippen molar-refractivity contribution in [1.29, 1.82) is 0 Å². The van der Waals surface area contributed by atoms with E-state index in [-0.39, 0.29) is 11.3 Å². The highest BCUT2D eigenvalue weighted by Gasteiger charge is 2.33. The molecule has 15 heavy (non-hydrogen) atoms. The Kier molecular flexibility index (Phi) is 2.65. The van der Waals surface area contributed by atoms with Crippen LogP contribution in [0.5, 0.6) is 5.75 Å². The smallest absolute Gasteiger partial charge is 0.137 e. The van der Waals surface area contributed by atoms with Gasteiger partial charge in [0.05, 0.1) is 5.02 Å². The van der Waals surface area contributed by atoms with Crippen molar-refractivity contribution in [2.75, 3.05) is 0 Å². The molecule has 82 valence electrons. The van der Waals surface area contributed by atoms with Crippen molar-refractivity contribution >= 4 is 11.6 Å². The summed E-state index contributed by atoms with van der Waals surface area (Å²) in [5, 5.41) is 10.2. The van der Waals surface area contributed by atoms with Crippen LogP contribution >= 0.6 is 11.6 Å². The second-order valence-electron chi connectivity index (χ2n) is 4.46. The number of halogens is 1. The SMILES string of the molecule is Cc1ccc(C2(N)CCCC2)c(Cl)c1O. The van der Waals surface area contributed by atoms with Crippen molar-refractivity contribution in [2.45, 2.75) is 38.1 Å². The first-order valence-corrected chi connectivity index (χ1v) is 5.70. The fourth-order valence-corrected chi connectivity index (χ4v) is 2.72. The van der Waals surface area contributed by atoms with Gasteiger partial charge in [-0.3, -0.25) is 0 Å². The van der Waals surface area contributed by atoms with Crippen LogP contribution < -0.4 is 5.73 Å². The van der Waals surface area contributed by atoms with Gasteiger partial charge in [-0.15, -0.1) is 0 Å². The summed E-state index contributed by atoms with van der Waals surface area (Å²) in [4.78, 5) is 0. The fraction of sp³-hybridized carbons (Fsp3) is 0.500. The third-order valence-electron chi connectivity index (χ3n) is 3.35. The molecule has 1 fully saturated rings. The number of hydrogen-bond acceptors (Lipinski definition) is 2. The quantitative estimate of drug-likeness (QED) is 0.772. The van der Waals surface area contributed by atoms with Gasteiger partial charge in [-0.1, -0.05) is 36.6 Å². The van der Waals surface area contributed by atoms with E-state index in [9.17, 15) is 5.11 Å². The molecule has 0 saturated heterocycles. The molecule has 1 saturated carbocycles. The Hall–Kier alpha value is -0.730. The van der Waals surface area contributed by atoms with Crippen molar-refractivity contribution in [1.82, 2.24) is 0 Å². The van der Waals surface area contributed by atoms with Crippen molar-refractivity contribution in [2.24, 2.45) is 5.73 Å². The molecule has 3 heteroatoms. The number of nitrogens with two attached hydrogens (primary N) is 1. The largest absolute Gasteiger partial charge is 0.506 e. The Labute approximate surface area is 95.1 Å². The zero-order valence-corrected chi connectivity index (χ0v) is 9.64. The predicted molar refractivity (Wildman–Crippen MR) is 62.2 cm³/mol. The molecule has 1 aromatic rings. The van der Waals surface area contributed by atoms with Gasteiger partial charge >= 0.3 is 0 Å². The van der Waals surface area contributed by atoms with Crippen LogP contribution in [0.2, 0.25) is 5.02 Å². The summed E-state index contributed by atoms with van der Waals surface area (Å²) < 4.78 is 0. The monoisotopic (exact) mass is 225 g/mol. The lowest BCUT2D eigenvalue weighted by atomic mass is 9.88. The first-order chi connectivity index (χ1) is 7.04. The predicted octanol–water partition coefficient (Wildman–Crippen LogP) is 3.08. The molecule has 0 radical (unpaired) electrons. The van der Waals surface area contributed by atoms with Crippen LogP contribution in [-0.2, 0) is 5.54 Å². The van der Waals surface area contributed by atoms with Crippen molar-refractivity contribution in [3.63, 3.8) is 0 Å². The second kappa shape index (κ2) is 3.69.